The molecule has 1 atom stereocenters. The fourth-order valence-corrected chi connectivity index (χ4v) is 3.49. The molecule has 1 saturated carbocycles. The molecule has 0 amide bonds. The lowest BCUT2D eigenvalue weighted by Crippen LogP contribution is -2.47. The topological polar surface area (TPSA) is 24.1 Å². The standard InChI is InChI=1S/C14H28N2/c1-3-14(8-4-5-9-14)12-15-11-13(2)7-6-10-16-13/h15-16H,3-12H2,1-2H3. The summed E-state index contributed by atoms with van der Waals surface area (Å²) < 4.78 is 0. The molecule has 1 aliphatic heterocycles. The van der Waals surface area contributed by atoms with Crippen LogP contribution in [0.4, 0.5) is 0 Å². The Morgan fingerprint density at radius 2 is 1.81 bits per heavy atom. The molecule has 0 aromatic carbocycles. The Morgan fingerprint density at radius 3 is 2.38 bits per heavy atom. The van der Waals surface area contributed by atoms with Gasteiger partial charge < -0.3 is 10.6 Å². The van der Waals surface area contributed by atoms with Gasteiger partial charge in [0.15, 0.2) is 0 Å². The highest BCUT2D eigenvalue weighted by molar-refractivity contribution is 4.92. The Kier molecular flexibility index (Phi) is 3.91. The van der Waals surface area contributed by atoms with E-state index in [0.717, 1.165) is 6.54 Å². The predicted molar refractivity (Wildman–Crippen MR) is 69.7 cm³/mol. The van der Waals surface area contributed by atoms with Gasteiger partial charge in [-0.15, -0.1) is 0 Å². The second kappa shape index (κ2) is 5.05. The third kappa shape index (κ3) is 2.78. The second-order valence-electron chi connectivity index (χ2n) is 6.26. The van der Waals surface area contributed by atoms with Crippen molar-refractivity contribution in [2.45, 2.75) is 64.3 Å². The van der Waals surface area contributed by atoms with Gasteiger partial charge in [0.05, 0.1) is 0 Å². The Labute approximate surface area is 101 Å². The van der Waals surface area contributed by atoms with Gasteiger partial charge >= 0.3 is 0 Å². The lowest BCUT2D eigenvalue weighted by Gasteiger charge is -2.31. The average molecular weight is 224 g/mol. The van der Waals surface area contributed by atoms with Crippen molar-refractivity contribution in [2.24, 2.45) is 5.41 Å². The first-order valence-electron chi connectivity index (χ1n) is 7.14. The molecule has 0 bridgehead atoms. The van der Waals surface area contributed by atoms with Gasteiger partial charge in [0, 0.05) is 18.6 Å². The van der Waals surface area contributed by atoms with Crippen LogP contribution in [0.2, 0.25) is 0 Å². The first-order chi connectivity index (χ1) is 7.68. The zero-order valence-electron chi connectivity index (χ0n) is 11.1. The molecule has 1 unspecified atom stereocenters. The van der Waals surface area contributed by atoms with E-state index < -0.39 is 0 Å². The Balaban J connectivity index is 1.74. The van der Waals surface area contributed by atoms with E-state index in [1.807, 2.05) is 0 Å². The van der Waals surface area contributed by atoms with Crippen LogP contribution in [-0.4, -0.2) is 25.2 Å². The van der Waals surface area contributed by atoms with Crippen LogP contribution >= 0.6 is 0 Å². The predicted octanol–water partition coefficient (Wildman–Crippen LogP) is 2.69. The van der Waals surface area contributed by atoms with Gasteiger partial charge in [-0.25, -0.2) is 0 Å². The molecule has 0 aromatic heterocycles. The van der Waals surface area contributed by atoms with Crippen LogP contribution in [-0.2, 0) is 0 Å². The summed E-state index contributed by atoms with van der Waals surface area (Å²) in [5.41, 5.74) is 1.00. The number of rotatable bonds is 5. The maximum Gasteiger partial charge on any atom is 0.0278 e. The number of hydrogen-bond acceptors (Lipinski definition) is 2. The number of hydrogen-bond donors (Lipinski definition) is 2. The normalized spacial score (nSPS) is 33.4. The minimum absolute atomic E-state index is 0.369. The van der Waals surface area contributed by atoms with Crippen LogP contribution in [0.5, 0.6) is 0 Å². The summed E-state index contributed by atoms with van der Waals surface area (Å²) in [5, 5.41) is 7.37. The molecule has 0 spiro atoms. The molecular formula is C14H28N2. The monoisotopic (exact) mass is 224 g/mol. The van der Waals surface area contributed by atoms with Crippen LogP contribution in [0.3, 0.4) is 0 Å². The lowest BCUT2D eigenvalue weighted by molar-refractivity contribution is 0.253. The summed E-state index contributed by atoms with van der Waals surface area (Å²) in [7, 11) is 0. The summed E-state index contributed by atoms with van der Waals surface area (Å²) >= 11 is 0. The van der Waals surface area contributed by atoms with Crippen LogP contribution in [0.15, 0.2) is 0 Å². The zero-order chi connectivity index (χ0) is 11.5. The highest BCUT2D eigenvalue weighted by Gasteiger charge is 2.33. The van der Waals surface area contributed by atoms with Gasteiger partial charge in [0.2, 0.25) is 0 Å². The fraction of sp³-hybridized carbons (Fsp3) is 1.00. The van der Waals surface area contributed by atoms with Crippen molar-refractivity contribution in [2.75, 3.05) is 19.6 Å². The van der Waals surface area contributed by atoms with Gasteiger partial charge in [0.25, 0.3) is 0 Å². The maximum absolute atomic E-state index is 3.74. The Bertz CT molecular complexity index is 213. The quantitative estimate of drug-likeness (QED) is 0.750. The fourth-order valence-electron chi connectivity index (χ4n) is 3.49. The highest BCUT2D eigenvalue weighted by Crippen LogP contribution is 2.40. The van der Waals surface area contributed by atoms with E-state index in [9.17, 15) is 0 Å². The molecule has 2 nitrogen and oxygen atoms in total. The van der Waals surface area contributed by atoms with E-state index in [1.165, 1.54) is 58.0 Å². The van der Waals surface area contributed by atoms with Crippen LogP contribution < -0.4 is 10.6 Å². The zero-order valence-corrected chi connectivity index (χ0v) is 11.1. The van der Waals surface area contributed by atoms with E-state index in [0.29, 0.717) is 11.0 Å². The molecular weight excluding hydrogens is 196 g/mol. The van der Waals surface area contributed by atoms with Crippen LogP contribution in [0.1, 0.15) is 58.8 Å². The molecule has 16 heavy (non-hydrogen) atoms. The molecule has 2 heteroatoms. The van der Waals surface area contributed by atoms with E-state index in [2.05, 4.69) is 24.5 Å². The second-order valence-corrected chi connectivity index (χ2v) is 6.26. The van der Waals surface area contributed by atoms with Crippen LogP contribution in [0.25, 0.3) is 0 Å². The van der Waals surface area contributed by atoms with Crippen molar-refractivity contribution in [3.63, 3.8) is 0 Å². The van der Waals surface area contributed by atoms with Crippen molar-refractivity contribution >= 4 is 0 Å². The molecule has 94 valence electrons. The molecule has 0 aromatic rings. The Hall–Kier alpha value is -0.0800. The average Bonchev–Trinajstić information content (AvgIpc) is 2.89. The molecule has 2 N–H and O–H groups in total. The SMILES string of the molecule is CCC1(CNCC2(C)CCCN2)CCCC1. The van der Waals surface area contributed by atoms with Crippen molar-refractivity contribution in [1.82, 2.24) is 10.6 Å². The first kappa shape index (κ1) is 12.4. The van der Waals surface area contributed by atoms with E-state index >= 15 is 0 Å². The van der Waals surface area contributed by atoms with Gasteiger partial charge in [-0.1, -0.05) is 19.8 Å². The van der Waals surface area contributed by atoms with Gasteiger partial charge in [0.1, 0.15) is 0 Å². The summed E-state index contributed by atoms with van der Waals surface area (Å²) in [6.45, 7) is 8.31. The Morgan fingerprint density at radius 1 is 1.06 bits per heavy atom. The molecule has 1 heterocycles. The van der Waals surface area contributed by atoms with E-state index in [4.69, 9.17) is 0 Å². The maximum atomic E-state index is 3.74. The summed E-state index contributed by atoms with van der Waals surface area (Å²) in [6, 6.07) is 0. The van der Waals surface area contributed by atoms with Crippen molar-refractivity contribution in [1.29, 1.82) is 0 Å². The molecule has 2 fully saturated rings. The highest BCUT2D eigenvalue weighted by atomic mass is 15.1. The van der Waals surface area contributed by atoms with E-state index in [-0.39, 0.29) is 0 Å². The minimum atomic E-state index is 0.369. The third-order valence-electron chi connectivity index (χ3n) is 4.89. The molecule has 2 aliphatic rings. The smallest absolute Gasteiger partial charge is 0.0278 e. The van der Waals surface area contributed by atoms with Gasteiger partial charge in [-0.3, -0.25) is 0 Å². The van der Waals surface area contributed by atoms with Gasteiger partial charge in [-0.2, -0.15) is 0 Å². The van der Waals surface area contributed by atoms with Crippen molar-refractivity contribution < 1.29 is 0 Å². The first-order valence-corrected chi connectivity index (χ1v) is 7.14. The van der Waals surface area contributed by atoms with Crippen molar-refractivity contribution in [3.05, 3.63) is 0 Å². The van der Waals surface area contributed by atoms with Gasteiger partial charge in [-0.05, 0) is 51.0 Å². The van der Waals surface area contributed by atoms with E-state index in [1.54, 1.807) is 0 Å². The summed E-state index contributed by atoms with van der Waals surface area (Å²) in [6.07, 6.45) is 9.82. The minimum Gasteiger partial charge on any atom is -0.314 e. The number of nitrogens with one attached hydrogen (secondary N) is 2. The molecule has 2 rings (SSSR count). The van der Waals surface area contributed by atoms with Crippen molar-refractivity contribution in [3.8, 4) is 0 Å². The van der Waals surface area contributed by atoms with Crippen LogP contribution in [0, 0.1) is 5.41 Å². The summed E-state index contributed by atoms with van der Waals surface area (Å²) in [4.78, 5) is 0. The third-order valence-corrected chi connectivity index (χ3v) is 4.89. The molecule has 0 radical (unpaired) electrons. The lowest BCUT2D eigenvalue weighted by atomic mass is 9.83. The largest absolute Gasteiger partial charge is 0.314 e. The molecule has 1 saturated heterocycles. The molecule has 1 aliphatic carbocycles. The summed E-state index contributed by atoms with van der Waals surface area (Å²) in [5.74, 6) is 0.